The first-order valence-corrected chi connectivity index (χ1v) is 13.8. The van der Waals surface area contributed by atoms with Crippen LogP contribution in [0.4, 0.5) is 0 Å². The molecule has 0 aliphatic heterocycles. The molecule has 0 spiro atoms. The third-order valence-corrected chi connectivity index (χ3v) is 9.23. The molecule has 30 heavy (non-hydrogen) atoms. The van der Waals surface area contributed by atoms with E-state index in [1.807, 2.05) is 0 Å². The second kappa shape index (κ2) is 12.5. The molecule has 3 rings (SSSR count). The molecule has 0 unspecified atom stereocenters. The van der Waals surface area contributed by atoms with Crippen LogP contribution in [0.3, 0.4) is 0 Å². The Labute approximate surface area is 187 Å². The number of hydrogen-bond donors (Lipinski definition) is 0. The SMILES string of the molecule is CCCC1CCC(C2(CCC)CCC(CC(=O)OCCC3CCCCC3)CC2)CC1. The van der Waals surface area contributed by atoms with Gasteiger partial charge in [0.25, 0.3) is 0 Å². The Bertz CT molecular complexity index is 477. The molecule has 0 aromatic carbocycles. The number of carbonyl (C=O) groups excluding carboxylic acids is 1. The number of ether oxygens (including phenoxy) is 1. The van der Waals surface area contributed by atoms with Crippen molar-refractivity contribution in [2.75, 3.05) is 6.61 Å². The van der Waals surface area contributed by atoms with Gasteiger partial charge in [0, 0.05) is 6.42 Å². The van der Waals surface area contributed by atoms with Crippen LogP contribution in [0.2, 0.25) is 0 Å². The maximum absolute atomic E-state index is 12.4. The molecule has 0 aromatic heterocycles. The van der Waals surface area contributed by atoms with Crippen LogP contribution in [-0.2, 0) is 9.53 Å². The standard InChI is InChI=1S/C28H50O2/c1-3-8-23-11-13-26(14-12-23)28(18-4-2)19-15-25(16-20-28)22-27(29)30-21-17-24-9-6-5-7-10-24/h23-26H,3-22H2,1-2H3. The molecule has 0 aromatic rings. The van der Waals surface area contributed by atoms with Gasteiger partial charge in [0.05, 0.1) is 6.61 Å². The summed E-state index contributed by atoms with van der Waals surface area (Å²) >= 11 is 0. The zero-order valence-corrected chi connectivity index (χ0v) is 20.3. The Hall–Kier alpha value is -0.530. The normalized spacial score (nSPS) is 33.3. The van der Waals surface area contributed by atoms with Crippen molar-refractivity contribution >= 4 is 5.97 Å². The summed E-state index contributed by atoms with van der Waals surface area (Å²) in [6.07, 6.45) is 25.3. The zero-order valence-electron chi connectivity index (χ0n) is 20.3. The largest absolute Gasteiger partial charge is 0.466 e. The van der Waals surface area contributed by atoms with Gasteiger partial charge in [-0.2, -0.15) is 0 Å². The van der Waals surface area contributed by atoms with Crippen LogP contribution in [0.15, 0.2) is 0 Å². The van der Waals surface area contributed by atoms with Crippen molar-refractivity contribution in [2.45, 2.75) is 136 Å². The quantitative estimate of drug-likeness (QED) is 0.332. The topological polar surface area (TPSA) is 26.3 Å². The lowest BCUT2D eigenvalue weighted by molar-refractivity contribution is -0.145. The molecule has 2 nitrogen and oxygen atoms in total. The van der Waals surface area contributed by atoms with E-state index in [1.54, 1.807) is 0 Å². The van der Waals surface area contributed by atoms with Crippen LogP contribution < -0.4 is 0 Å². The van der Waals surface area contributed by atoms with E-state index in [-0.39, 0.29) is 5.97 Å². The highest BCUT2D eigenvalue weighted by molar-refractivity contribution is 5.69. The summed E-state index contributed by atoms with van der Waals surface area (Å²) in [5, 5.41) is 0. The highest BCUT2D eigenvalue weighted by Crippen LogP contribution is 2.53. The number of hydrogen-bond acceptors (Lipinski definition) is 2. The molecule has 3 saturated carbocycles. The molecular formula is C28H50O2. The molecule has 2 heteroatoms. The maximum Gasteiger partial charge on any atom is 0.306 e. The molecule has 3 aliphatic rings. The van der Waals surface area contributed by atoms with Gasteiger partial charge in [0.15, 0.2) is 0 Å². The first-order chi connectivity index (χ1) is 14.6. The molecule has 0 heterocycles. The Morgan fingerprint density at radius 3 is 2.07 bits per heavy atom. The second-order valence-electron chi connectivity index (χ2n) is 11.3. The van der Waals surface area contributed by atoms with E-state index in [0.717, 1.165) is 24.2 Å². The lowest BCUT2D eigenvalue weighted by Crippen LogP contribution is -2.37. The maximum atomic E-state index is 12.4. The van der Waals surface area contributed by atoms with Crippen LogP contribution in [-0.4, -0.2) is 12.6 Å². The Morgan fingerprint density at radius 2 is 1.43 bits per heavy atom. The van der Waals surface area contributed by atoms with Gasteiger partial charge in [0.1, 0.15) is 0 Å². The first-order valence-electron chi connectivity index (χ1n) is 13.8. The van der Waals surface area contributed by atoms with Crippen LogP contribution in [0.25, 0.3) is 0 Å². The van der Waals surface area contributed by atoms with Gasteiger partial charge in [-0.05, 0) is 80.5 Å². The first kappa shape index (κ1) is 24.1. The minimum atomic E-state index is 0.0823. The molecule has 0 saturated heterocycles. The van der Waals surface area contributed by atoms with E-state index >= 15 is 0 Å². The minimum Gasteiger partial charge on any atom is -0.466 e. The number of carbonyl (C=O) groups is 1. The van der Waals surface area contributed by atoms with Gasteiger partial charge in [-0.3, -0.25) is 4.79 Å². The summed E-state index contributed by atoms with van der Waals surface area (Å²) in [6.45, 7) is 5.38. The lowest BCUT2D eigenvalue weighted by Gasteiger charge is -2.48. The third-order valence-electron chi connectivity index (χ3n) is 9.23. The fourth-order valence-corrected chi connectivity index (χ4v) is 7.40. The summed E-state index contributed by atoms with van der Waals surface area (Å²) < 4.78 is 5.66. The van der Waals surface area contributed by atoms with Gasteiger partial charge in [0.2, 0.25) is 0 Å². The predicted molar refractivity (Wildman–Crippen MR) is 126 cm³/mol. The van der Waals surface area contributed by atoms with Crippen LogP contribution in [0.5, 0.6) is 0 Å². The van der Waals surface area contributed by atoms with E-state index in [9.17, 15) is 4.79 Å². The molecule has 174 valence electrons. The summed E-state index contributed by atoms with van der Waals surface area (Å²) in [7, 11) is 0. The fourth-order valence-electron chi connectivity index (χ4n) is 7.40. The summed E-state index contributed by atoms with van der Waals surface area (Å²) in [4.78, 5) is 12.4. The third kappa shape index (κ3) is 6.99. The van der Waals surface area contributed by atoms with Crippen molar-refractivity contribution < 1.29 is 9.53 Å². The second-order valence-corrected chi connectivity index (χ2v) is 11.3. The van der Waals surface area contributed by atoms with Crippen molar-refractivity contribution in [3.05, 3.63) is 0 Å². The molecule has 0 radical (unpaired) electrons. The van der Waals surface area contributed by atoms with Crippen LogP contribution in [0.1, 0.15) is 136 Å². The van der Waals surface area contributed by atoms with Crippen molar-refractivity contribution in [2.24, 2.45) is 29.1 Å². The summed E-state index contributed by atoms with van der Waals surface area (Å²) in [5.74, 6) is 3.43. The molecular weight excluding hydrogens is 368 g/mol. The molecule has 3 fully saturated rings. The van der Waals surface area contributed by atoms with Crippen molar-refractivity contribution in [3.8, 4) is 0 Å². The van der Waals surface area contributed by atoms with Gasteiger partial charge < -0.3 is 4.74 Å². The van der Waals surface area contributed by atoms with Crippen LogP contribution >= 0.6 is 0 Å². The van der Waals surface area contributed by atoms with Gasteiger partial charge in [-0.25, -0.2) is 0 Å². The fraction of sp³-hybridized carbons (Fsp3) is 0.964. The highest BCUT2D eigenvalue weighted by atomic mass is 16.5. The summed E-state index contributed by atoms with van der Waals surface area (Å²) in [5.41, 5.74) is 0.591. The van der Waals surface area contributed by atoms with Crippen molar-refractivity contribution in [1.82, 2.24) is 0 Å². The van der Waals surface area contributed by atoms with Crippen LogP contribution in [0, 0.1) is 29.1 Å². The van der Waals surface area contributed by atoms with Gasteiger partial charge >= 0.3 is 5.97 Å². The van der Waals surface area contributed by atoms with E-state index in [4.69, 9.17) is 4.74 Å². The summed E-state index contributed by atoms with van der Waals surface area (Å²) in [6, 6.07) is 0. The highest BCUT2D eigenvalue weighted by Gasteiger charge is 2.42. The Balaban J connectivity index is 1.38. The van der Waals surface area contributed by atoms with Crippen molar-refractivity contribution in [1.29, 1.82) is 0 Å². The Kier molecular flexibility index (Phi) is 10.0. The number of esters is 1. The van der Waals surface area contributed by atoms with Crippen molar-refractivity contribution in [3.63, 3.8) is 0 Å². The smallest absolute Gasteiger partial charge is 0.306 e. The molecule has 0 atom stereocenters. The van der Waals surface area contributed by atoms with E-state index in [2.05, 4.69) is 13.8 Å². The van der Waals surface area contributed by atoms with E-state index < -0.39 is 0 Å². The Morgan fingerprint density at radius 1 is 0.767 bits per heavy atom. The molecule has 0 bridgehead atoms. The molecule has 0 amide bonds. The monoisotopic (exact) mass is 418 g/mol. The van der Waals surface area contributed by atoms with E-state index in [1.165, 1.54) is 109 Å². The van der Waals surface area contributed by atoms with Gasteiger partial charge in [-0.1, -0.05) is 78.1 Å². The van der Waals surface area contributed by atoms with Gasteiger partial charge in [-0.15, -0.1) is 0 Å². The predicted octanol–water partition coefficient (Wildman–Crippen LogP) is 8.47. The zero-order chi connectivity index (χ0) is 21.2. The molecule has 3 aliphatic carbocycles. The average molecular weight is 419 g/mol. The minimum absolute atomic E-state index is 0.0823. The van der Waals surface area contributed by atoms with E-state index in [0.29, 0.717) is 24.4 Å². The lowest BCUT2D eigenvalue weighted by atomic mass is 9.57. The average Bonchev–Trinajstić information content (AvgIpc) is 2.77. The number of rotatable bonds is 10. The molecule has 0 N–H and O–H groups in total.